The topological polar surface area (TPSA) is 54.6 Å². The van der Waals surface area contributed by atoms with Gasteiger partial charge in [0.05, 0.1) is 6.26 Å². The standard InChI is InChI=1S/C20H24N2O2/c1-13(18-6-5-11-24-18)21-22-19(23)17-12-16(17)14-7-9-15(10-8-14)20(2,3)4/h5-11,16-17H,12H2,1-4H3,(H,22,23)/b21-13+/t16-,17-/m1/s1. The molecule has 1 N–H and O–H groups in total. The summed E-state index contributed by atoms with van der Waals surface area (Å²) in [7, 11) is 0. The molecule has 1 aliphatic carbocycles. The normalized spacial score (nSPS) is 20.8. The van der Waals surface area contributed by atoms with Crippen LogP contribution in [0.2, 0.25) is 0 Å². The van der Waals surface area contributed by atoms with Crippen LogP contribution >= 0.6 is 0 Å². The number of hydrogen-bond acceptors (Lipinski definition) is 3. The number of amides is 1. The van der Waals surface area contributed by atoms with Crippen molar-refractivity contribution in [1.82, 2.24) is 5.43 Å². The zero-order valence-corrected chi connectivity index (χ0v) is 14.7. The quantitative estimate of drug-likeness (QED) is 0.676. The lowest BCUT2D eigenvalue weighted by atomic mass is 9.86. The molecule has 1 fully saturated rings. The molecular weight excluding hydrogens is 300 g/mol. The maximum absolute atomic E-state index is 12.2. The summed E-state index contributed by atoms with van der Waals surface area (Å²) >= 11 is 0. The van der Waals surface area contributed by atoms with E-state index in [9.17, 15) is 4.79 Å². The highest BCUT2D eigenvalue weighted by molar-refractivity contribution is 5.97. The van der Waals surface area contributed by atoms with Gasteiger partial charge in [0, 0.05) is 5.92 Å². The van der Waals surface area contributed by atoms with Crippen molar-refractivity contribution in [2.24, 2.45) is 11.0 Å². The summed E-state index contributed by atoms with van der Waals surface area (Å²) in [6.45, 7) is 8.42. The molecular formula is C20H24N2O2. The smallest absolute Gasteiger partial charge is 0.243 e. The molecule has 1 heterocycles. The van der Waals surface area contributed by atoms with Gasteiger partial charge in [0.2, 0.25) is 5.91 Å². The van der Waals surface area contributed by atoms with Gasteiger partial charge in [-0.3, -0.25) is 4.79 Å². The van der Waals surface area contributed by atoms with E-state index in [1.54, 1.807) is 12.3 Å². The Morgan fingerprint density at radius 2 is 1.92 bits per heavy atom. The van der Waals surface area contributed by atoms with E-state index in [4.69, 9.17) is 4.42 Å². The molecule has 0 radical (unpaired) electrons. The minimum absolute atomic E-state index is 0.0126. The van der Waals surface area contributed by atoms with E-state index in [1.807, 2.05) is 13.0 Å². The van der Waals surface area contributed by atoms with Crippen molar-refractivity contribution in [2.45, 2.75) is 45.4 Å². The number of hydrogen-bond donors (Lipinski definition) is 1. The van der Waals surface area contributed by atoms with E-state index in [2.05, 4.69) is 55.6 Å². The molecule has 1 saturated carbocycles. The highest BCUT2D eigenvalue weighted by Gasteiger charge is 2.44. The van der Waals surface area contributed by atoms with Crippen LogP contribution in [0.15, 0.2) is 52.2 Å². The number of furan rings is 1. The second kappa shape index (κ2) is 6.27. The third-order valence-corrected chi connectivity index (χ3v) is 4.54. The molecule has 4 heteroatoms. The zero-order chi connectivity index (χ0) is 17.3. The largest absolute Gasteiger partial charge is 0.463 e. The molecule has 1 aliphatic rings. The second-order valence-electron chi connectivity index (χ2n) is 7.47. The van der Waals surface area contributed by atoms with E-state index in [1.165, 1.54) is 11.1 Å². The van der Waals surface area contributed by atoms with Crippen molar-refractivity contribution in [1.29, 1.82) is 0 Å². The van der Waals surface area contributed by atoms with Gasteiger partial charge in [-0.2, -0.15) is 5.10 Å². The summed E-state index contributed by atoms with van der Waals surface area (Å²) in [5.74, 6) is 0.961. The minimum Gasteiger partial charge on any atom is -0.463 e. The Bertz CT molecular complexity index is 737. The summed E-state index contributed by atoms with van der Waals surface area (Å²) in [6, 6.07) is 12.3. The van der Waals surface area contributed by atoms with Crippen LogP contribution in [0.3, 0.4) is 0 Å². The number of carbonyl (C=O) groups is 1. The van der Waals surface area contributed by atoms with Crippen LogP contribution in [0.25, 0.3) is 0 Å². The van der Waals surface area contributed by atoms with Crippen molar-refractivity contribution in [3.8, 4) is 0 Å². The Kier molecular flexibility index (Phi) is 4.31. The van der Waals surface area contributed by atoms with E-state index in [0.717, 1.165) is 6.42 Å². The molecule has 24 heavy (non-hydrogen) atoms. The Morgan fingerprint density at radius 3 is 2.50 bits per heavy atom. The maximum Gasteiger partial charge on any atom is 0.243 e. The molecule has 3 rings (SSSR count). The molecule has 1 amide bonds. The molecule has 0 aliphatic heterocycles. The fraction of sp³-hybridized carbons (Fsp3) is 0.400. The first kappa shape index (κ1) is 16.5. The van der Waals surface area contributed by atoms with Crippen LogP contribution in [0.4, 0.5) is 0 Å². The van der Waals surface area contributed by atoms with Crippen LogP contribution < -0.4 is 5.43 Å². The number of nitrogens with one attached hydrogen (secondary N) is 1. The number of hydrazone groups is 1. The summed E-state index contributed by atoms with van der Waals surface area (Å²) in [5.41, 5.74) is 6.02. The molecule has 2 aromatic rings. The third kappa shape index (κ3) is 3.58. The van der Waals surface area contributed by atoms with Gasteiger partial charge in [-0.25, -0.2) is 5.43 Å². The van der Waals surface area contributed by atoms with Crippen molar-refractivity contribution >= 4 is 11.6 Å². The van der Waals surface area contributed by atoms with Crippen molar-refractivity contribution < 1.29 is 9.21 Å². The fourth-order valence-corrected chi connectivity index (χ4v) is 2.84. The predicted molar refractivity (Wildman–Crippen MR) is 95.1 cm³/mol. The average Bonchev–Trinajstić information content (AvgIpc) is 3.16. The summed E-state index contributed by atoms with van der Waals surface area (Å²) in [5, 5.41) is 4.13. The van der Waals surface area contributed by atoms with E-state index >= 15 is 0 Å². The molecule has 2 atom stereocenters. The van der Waals surface area contributed by atoms with Gasteiger partial charge in [-0.15, -0.1) is 0 Å². The highest BCUT2D eigenvalue weighted by atomic mass is 16.3. The molecule has 0 spiro atoms. The number of carbonyl (C=O) groups excluding carboxylic acids is 1. The zero-order valence-electron chi connectivity index (χ0n) is 14.7. The average molecular weight is 324 g/mol. The molecule has 0 bridgehead atoms. The van der Waals surface area contributed by atoms with Crippen molar-refractivity contribution in [3.63, 3.8) is 0 Å². The molecule has 0 saturated heterocycles. The van der Waals surface area contributed by atoms with E-state index in [0.29, 0.717) is 17.4 Å². The first-order chi connectivity index (χ1) is 11.4. The SMILES string of the molecule is C/C(=N\NC(=O)[C@@H]1C[C@@H]1c1ccc(C(C)(C)C)cc1)c1ccco1. The van der Waals surface area contributed by atoms with Crippen LogP contribution in [0, 0.1) is 5.92 Å². The highest BCUT2D eigenvalue weighted by Crippen LogP contribution is 2.47. The number of benzene rings is 1. The van der Waals surface area contributed by atoms with Gasteiger partial charge in [0.1, 0.15) is 11.5 Å². The first-order valence-electron chi connectivity index (χ1n) is 8.35. The fourth-order valence-electron chi connectivity index (χ4n) is 2.84. The Balaban J connectivity index is 1.59. The van der Waals surface area contributed by atoms with Gasteiger partial charge in [0.15, 0.2) is 0 Å². The number of nitrogens with zero attached hydrogens (tertiary/aromatic N) is 1. The molecule has 0 unspecified atom stereocenters. The first-order valence-corrected chi connectivity index (χ1v) is 8.35. The molecule has 126 valence electrons. The van der Waals surface area contributed by atoms with Crippen molar-refractivity contribution in [2.75, 3.05) is 0 Å². The Labute approximate surface area is 143 Å². The minimum atomic E-state index is -0.0224. The van der Waals surface area contributed by atoms with Crippen LogP contribution in [0.5, 0.6) is 0 Å². The summed E-state index contributed by atoms with van der Waals surface area (Å²) in [6.07, 6.45) is 2.48. The third-order valence-electron chi connectivity index (χ3n) is 4.54. The van der Waals surface area contributed by atoms with Gasteiger partial charge >= 0.3 is 0 Å². The van der Waals surface area contributed by atoms with Crippen LogP contribution in [-0.4, -0.2) is 11.6 Å². The lowest BCUT2D eigenvalue weighted by Gasteiger charge is -2.19. The Morgan fingerprint density at radius 1 is 1.21 bits per heavy atom. The monoisotopic (exact) mass is 324 g/mol. The van der Waals surface area contributed by atoms with Crippen LogP contribution in [0.1, 0.15) is 56.9 Å². The summed E-state index contributed by atoms with van der Waals surface area (Å²) in [4.78, 5) is 12.2. The lowest BCUT2D eigenvalue weighted by molar-refractivity contribution is -0.122. The molecule has 1 aromatic heterocycles. The summed E-state index contributed by atoms with van der Waals surface area (Å²) < 4.78 is 5.25. The second-order valence-corrected chi connectivity index (χ2v) is 7.47. The predicted octanol–water partition coefficient (Wildman–Crippen LogP) is 4.22. The van der Waals surface area contributed by atoms with E-state index in [-0.39, 0.29) is 17.2 Å². The molecule has 1 aromatic carbocycles. The molecule has 4 nitrogen and oxygen atoms in total. The van der Waals surface area contributed by atoms with Gasteiger partial charge in [0.25, 0.3) is 0 Å². The number of rotatable bonds is 4. The van der Waals surface area contributed by atoms with Gasteiger partial charge in [-0.05, 0) is 47.9 Å². The van der Waals surface area contributed by atoms with Crippen molar-refractivity contribution in [3.05, 3.63) is 59.5 Å². The van der Waals surface area contributed by atoms with Gasteiger partial charge < -0.3 is 4.42 Å². The van der Waals surface area contributed by atoms with E-state index < -0.39 is 0 Å². The van der Waals surface area contributed by atoms with Gasteiger partial charge in [-0.1, -0.05) is 45.0 Å². The Hall–Kier alpha value is -2.36. The maximum atomic E-state index is 12.2. The van der Waals surface area contributed by atoms with Crippen LogP contribution in [-0.2, 0) is 10.2 Å². The lowest BCUT2D eigenvalue weighted by Crippen LogP contribution is -2.21.